The van der Waals surface area contributed by atoms with Crippen molar-refractivity contribution in [1.82, 2.24) is 4.90 Å². The molecular weight excluding hydrogens is 257 g/mol. The number of carbonyl (C=O) groups is 1. The molecule has 1 aromatic carbocycles. The van der Waals surface area contributed by atoms with E-state index in [2.05, 4.69) is 18.7 Å². The van der Waals surface area contributed by atoms with E-state index in [1.807, 2.05) is 0 Å². The summed E-state index contributed by atoms with van der Waals surface area (Å²) in [4.78, 5) is 13.1. The van der Waals surface area contributed by atoms with Gasteiger partial charge in [-0.1, -0.05) is 19.9 Å². The van der Waals surface area contributed by atoms with Crippen LogP contribution in [0, 0.1) is 11.2 Å². The Morgan fingerprint density at radius 2 is 2.10 bits per heavy atom. The van der Waals surface area contributed by atoms with Crippen LogP contribution in [0.3, 0.4) is 0 Å². The van der Waals surface area contributed by atoms with Gasteiger partial charge in [0.25, 0.3) is 0 Å². The molecule has 0 aliphatic carbocycles. The van der Waals surface area contributed by atoms with Gasteiger partial charge in [-0.2, -0.15) is 0 Å². The highest BCUT2D eigenvalue weighted by atomic mass is 19.1. The van der Waals surface area contributed by atoms with Crippen molar-refractivity contribution in [2.45, 2.75) is 39.7 Å². The molecule has 0 aromatic heterocycles. The fourth-order valence-electron chi connectivity index (χ4n) is 3.04. The number of carboxylic acids is 1. The summed E-state index contributed by atoms with van der Waals surface area (Å²) in [5, 5.41) is 8.84. The lowest BCUT2D eigenvalue weighted by atomic mass is 9.82. The first-order valence-corrected chi connectivity index (χ1v) is 7.24. The maximum absolute atomic E-state index is 13.9. The summed E-state index contributed by atoms with van der Waals surface area (Å²) in [5.41, 5.74) is 0.958. The lowest BCUT2D eigenvalue weighted by molar-refractivity contribution is 0.0696. The molecule has 0 atom stereocenters. The van der Waals surface area contributed by atoms with Crippen molar-refractivity contribution in [3.05, 3.63) is 35.1 Å². The van der Waals surface area contributed by atoms with Crippen LogP contribution in [0.25, 0.3) is 0 Å². The zero-order valence-corrected chi connectivity index (χ0v) is 12.2. The molecule has 1 aliphatic heterocycles. The van der Waals surface area contributed by atoms with E-state index in [1.54, 1.807) is 6.07 Å². The summed E-state index contributed by atoms with van der Waals surface area (Å²) in [6.45, 7) is 6.99. The number of rotatable bonds is 5. The first-order chi connectivity index (χ1) is 9.49. The Hall–Kier alpha value is -1.42. The molecule has 1 heterocycles. The number of likely N-dealkylation sites (tertiary alicyclic amines) is 1. The molecule has 0 spiro atoms. The van der Waals surface area contributed by atoms with Crippen molar-refractivity contribution in [3.8, 4) is 0 Å². The Kier molecular flexibility index (Phi) is 4.43. The molecule has 4 heteroatoms. The first kappa shape index (κ1) is 15.0. The number of nitrogens with zero attached hydrogens (tertiary/aromatic N) is 1. The van der Waals surface area contributed by atoms with Gasteiger partial charge in [-0.05, 0) is 43.4 Å². The van der Waals surface area contributed by atoms with Gasteiger partial charge in [-0.3, -0.25) is 4.90 Å². The minimum atomic E-state index is -1.09. The van der Waals surface area contributed by atoms with Crippen LogP contribution in [0.2, 0.25) is 0 Å². The number of benzene rings is 1. The van der Waals surface area contributed by atoms with Gasteiger partial charge >= 0.3 is 5.97 Å². The molecular formula is C16H22FNO2. The molecule has 0 saturated carbocycles. The number of aromatic carboxylic acids is 1. The molecule has 2 rings (SSSR count). The lowest BCUT2D eigenvalue weighted by Gasteiger charge is -2.26. The van der Waals surface area contributed by atoms with Crippen molar-refractivity contribution in [3.63, 3.8) is 0 Å². The van der Waals surface area contributed by atoms with E-state index >= 15 is 0 Å². The predicted octanol–water partition coefficient (Wildman–Crippen LogP) is 3.54. The molecule has 1 aliphatic rings. The Balaban J connectivity index is 2.06. The summed E-state index contributed by atoms with van der Waals surface area (Å²) in [6.07, 6.45) is 3.47. The van der Waals surface area contributed by atoms with Crippen molar-refractivity contribution in [2.75, 3.05) is 13.1 Å². The highest BCUT2D eigenvalue weighted by molar-refractivity contribution is 5.87. The maximum atomic E-state index is 13.9. The second-order valence-electron chi connectivity index (χ2n) is 5.78. The average Bonchev–Trinajstić information content (AvgIpc) is 2.85. The summed E-state index contributed by atoms with van der Waals surface area (Å²) in [5.74, 6) is -1.51. The largest absolute Gasteiger partial charge is 0.478 e. The van der Waals surface area contributed by atoms with Crippen LogP contribution in [0.5, 0.6) is 0 Å². The zero-order chi connectivity index (χ0) is 14.8. The minimum Gasteiger partial charge on any atom is -0.478 e. The smallest absolute Gasteiger partial charge is 0.335 e. The van der Waals surface area contributed by atoms with Gasteiger partial charge in [0.1, 0.15) is 5.82 Å². The fourth-order valence-corrected chi connectivity index (χ4v) is 3.04. The molecule has 3 nitrogen and oxygen atoms in total. The van der Waals surface area contributed by atoms with Crippen LogP contribution >= 0.6 is 0 Å². The zero-order valence-electron chi connectivity index (χ0n) is 12.2. The van der Waals surface area contributed by atoms with Gasteiger partial charge < -0.3 is 5.11 Å². The Labute approximate surface area is 119 Å². The number of hydrogen-bond donors (Lipinski definition) is 1. The molecule has 1 fully saturated rings. The van der Waals surface area contributed by atoms with Crippen LogP contribution in [0.1, 0.15) is 49.0 Å². The normalized spacial score (nSPS) is 18.4. The van der Waals surface area contributed by atoms with E-state index in [-0.39, 0.29) is 5.56 Å². The highest BCUT2D eigenvalue weighted by Gasteiger charge is 2.34. The van der Waals surface area contributed by atoms with Crippen molar-refractivity contribution < 1.29 is 14.3 Å². The highest BCUT2D eigenvalue weighted by Crippen LogP contribution is 2.37. The van der Waals surface area contributed by atoms with E-state index in [0.717, 1.165) is 38.4 Å². The standard InChI is InChI=1S/C16H22FNO2/c1-3-16(4-2)7-8-18(11-16)10-13-6-5-12(15(19)20)9-14(13)17/h5-6,9H,3-4,7-8,10-11H2,1-2H3,(H,19,20). The molecule has 0 radical (unpaired) electrons. The molecule has 1 N–H and O–H groups in total. The Bertz CT molecular complexity index is 497. The van der Waals surface area contributed by atoms with Crippen molar-refractivity contribution >= 4 is 5.97 Å². The fraction of sp³-hybridized carbons (Fsp3) is 0.562. The van der Waals surface area contributed by atoms with Crippen LogP contribution in [-0.4, -0.2) is 29.1 Å². The second kappa shape index (κ2) is 5.92. The van der Waals surface area contributed by atoms with Gasteiger partial charge in [0.05, 0.1) is 5.56 Å². The van der Waals surface area contributed by atoms with Gasteiger partial charge in [0.15, 0.2) is 0 Å². The van der Waals surface area contributed by atoms with Gasteiger partial charge in [-0.15, -0.1) is 0 Å². The summed E-state index contributed by atoms with van der Waals surface area (Å²) in [6, 6.07) is 4.18. The number of hydrogen-bond acceptors (Lipinski definition) is 2. The lowest BCUT2D eigenvalue weighted by Crippen LogP contribution is -2.26. The van der Waals surface area contributed by atoms with Gasteiger partial charge in [-0.25, -0.2) is 9.18 Å². The van der Waals surface area contributed by atoms with E-state index in [9.17, 15) is 9.18 Å². The summed E-state index contributed by atoms with van der Waals surface area (Å²) in [7, 11) is 0. The maximum Gasteiger partial charge on any atom is 0.335 e. The molecule has 0 unspecified atom stereocenters. The average molecular weight is 279 g/mol. The third-order valence-electron chi connectivity index (χ3n) is 4.71. The van der Waals surface area contributed by atoms with Crippen LogP contribution < -0.4 is 0 Å². The minimum absolute atomic E-state index is 0.00383. The van der Waals surface area contributed by atoms with Crippen LogP contribution in [-0.2, 0) is 6.54 Å². The molecule has 20 heavy (non-hydrogen) atoms. The van der Waals surface area contributed by atoms with Crippen molar-refractivity contribution in [2.24, 2.45) is 5.41 Å². The topological polar surface area (TPSA) is 40.5 Å². The summed E-state index contributed by atoms with van der Waals surface area (Å²) >= 11 is 0. The SMILES string of the molecule is CCC1(CC)CCN(Cc2ccc(C(=O)O)cc2F)C1. The van der Waals surface area contributed by atoms with E-state index in [4.69, 9.17) is 5.11 Å². The number of carboxylic acid groups (broad SMARTS) is 1. The first-order valence-electron chi connectivity index (χ1n) is 7.24. The molecule has 0 bridgehead atoms. The second-order valence-corrected chi connectivity index (χ2v) is 5.78. The van der Waals surface area contributed by atoms with Gasteiger partial charge in [0.2, 0.25) is 0 Å². The van der Waals surface area contributed by atoms with Gasteiger partial charge in [0, 0.05) is 18.7 Å². The Morgan fingerprint density at radius 1 is 1.40 bits per heavy atom. The quantitative estimate of drug-likeness (QED) is 0.896. The number of halogens is 1. The molecule has 0 amide bonds. The van der Waals surface area contributed by atoms with E-state index < -0.39 is 11.8 Å². The van der Waals surface area contributed by atoms with E-state index in [1.165, 1.54) is 6.07 Å². The third-order valence-corrected chi connectivity index (χ3v) is 4.71. The van der Waals surface area contributed by atoms with Crippen molar-refractivity contribution in [1.29, 1.82) is 0 Å². The van der Waals surface area contributed by atoms with Crippen LogP contribution in [0.4, 0.5) is 4.39 Å². The predicted molar refractivity (Wildman–Crippen MR) is 76.3 cm³/mol. The molecule has 110 valence electrons. The summed E-state index contributed by atoms with van der Waals surface area (Å²) < 4.78 is 13.9. The third kappa shape index (κ3) is 3.01. The molecule has 1 aromatic rings. The molecule has 1 saturated heterocycles. The Morgan fingerprint density at radius 3 is 2.60 bits per heavy atom. The monoisotopic (exact) mass is 279 g/mol. The van der Waals surface area contributed by atoms with Crippen LogP contribution in [0.15, 0.2) is 18.2 Å². The van der Waals surface area contributed by atoms with E-state index in [0.29, 0.717) is 17.5 Å².